The summed E-state index contributed by atoms with van der Waals surface area (Å²) in [6, 6.07) is 1.28. The van der Waals surface area contributed by atoms with Crippen LogP contribution in [0, 0.1) is 5.95 Å². The summed E-state index contributed by atoms with van der Waals surface area (Å²) < 4.78 is 12.7. The van der Waals surface area contributed by atoms with E-state index in [9.17, 15) is 9.50 Å². The molecule has 0 aromatic carbocycles. The molecule has 0 aliphatic carbocycles. The highest BCUT2D eigenvalue weighted by Gasteiger charge is 2.21. The summed E-state index contributed by atoms with van der Waals surface area (Å²) in [7, 11) is 0. The average Bonchev–Trinajstić information content (AvgIpc) is 2.52. The maximum atomic E-state index is 12.7. The first-order valence-corrected chi connectivity index (χ1v) is 4.16. The monoisotopic (exact) mass is 183 g/mol. The van der Waals surface area contributed by atoms with Gasteiger partial charge in [0.05, 0.1) is 6.10 Å². The standard InChI is InChI=1S/C8H10FN3O/c9-7-3-8(11-5-10-7)12-2-1-6(13)4-12/h3,5-6,13H,1-2,4H2. The van der Waals surface area contributed by atoms with Crippen LogP contribution >= 0.6 is 0 Å². The highest BCUT2D eigenvalue weighted by atomic mass is 19.1. The van der Waals surface area contributed by atoms with Gasteiger partial charge in [-0.25, -0.2) is 9.97 Å². The van der Waals surface area contributed by atoms with Crippen molar-refractivity contribution in [1.29, 1.82) is 0 Å². The van der Waals surface area contributed by atoms with Crippen LogP contribution < -0.4 is 4.90 Å². The normalized spacial score (nSPS) is 22.3. The molecule has 2 heterocycles. The molecule has 1 aliphatic rings. The number of hydrogen-bond donors (Lipinski definition) is 1. The molecule has 0 amide bonds. The van der Waals surface area contributed by atoms with E-state index in [4.69, 9.17) is 0 Å². The predicted molar refractivity (Wildman–Crippen MR) is 44.8 cm³/mol. The van der Waals surface area contributed by atoms with E-state index in [-0.39, 0.29) is 6.10 Å². The van der Waals surface area contributed by atoms with Gasteiger partial charge in [-0.2, -0.15) is 4.39 Å². The maximum Gasteiger partial charge on any atom is 0.218 e. The molecular formula is C8H10FN3O. The van der Waals surface area contributed by atoms with Gasteiger partial charge in [0, 0.05) is 19.2 Å². The molecule has 1 aromatic rings. The van der Waals surface area contributed by atoms with Crippen LogP contribution in [0.15, 0.2) is 12.4 Å². The van der Waals surface area contributed by atoms with Crippen molar-refractivity contribution in [3.05, 3.63) is 18.3 Å². The van der Waals surface area contributed by atoms with Crippen LogP contribution in [0.2, 0.25) is 0 Å². The summed E-state index contributed by atoms with van der Waals surface area (Å²) in [4.78, 5) is 9.13. The van der Waals surface area contributed by atoms with Gasteiger partial charge >= 0.3 is 0 Å². The van der Waals surface area contributed by atoms with Crippen molar-refractivity contribution in [3.63, 3.8) is 0 Å². The number of nitrogens with zero attached hydrogens (tertiary/aromatic N) is 3. The first kappa shape index (κ1) is 8.37. The Kier molecular flexibility index (Phi) is 2.10. The van der Waals surface area contributed by atoms with E-state index in [1.54, 1.807) is 0 Å². The number of aromatic nitrogens is 2. The van der Waals surface area contributed by atoms with E-state index in [0.29, 0.717) is 18.8 Å². The first-order valence-electron chi connectivity index (χ1n) is 4.16. The maximum absolute atomic E-state index is 12.7. The van der Waals surface area contributed by atoms with Gasteiger partial charge in [0.15, 0.2) is 0 Å². The van der Waals surface area contributed by atoms with Gasteiger partial charge in [-0.15, -0.1) is 0 Å². The molecule has 13 heavy (non-hydrogen) atoms. The van der Waals surface area contributed by atoms with Crippen molar-refractivity contribution >= 4 is 5.82 Å². The number of aliphatic hydroxyl groups is 1. The van der Waals surface area contributed by atoms with E-state index in [0.717, 1.165) is 6.54 Å². The Bertz CT molecular complexity index is 307. The third-order valence-electron chi connectivity index (χ3n) is 2.11. The molecule has 0 bridgehead atoms. The van der Waals surface area contributed by atoms with E-state index >= 15 is 0 Å². The lowest BCUT2D eigenvalue weighted by molar-refractivity contribution is 0.198. The molecule has 0 radical (unpaired) electrons. The zero-order valence-electron chi connectivity index (χ0n) is 7.02. The zero-order valence-corrected chi connectivity index (χ0v) is 7.02. The van der Waals surface area contributed by atoms with Crippen LogP contribution in [-0.4, -0.2) is 34.3 Å². The molecule has 1 aliphatic heterocycles. The number of halogens is 1. The van der Waals surface area contributed by atoms with Gasteiger partial charge in [0.1, 0.15) is 12.1 Å². The average molecular weight is 183 g/mol. The molecular weight excluding hydrogens is 173 g/mol. The van der Waals surface area contributed by atoms with Gasteiger partial charge in [-0.05, 0) is 6.42 Å². The minimum atomic E-state index is -0.536. The minimum Gasteiger partial charge on any atom is -0.391 e. The predicted octanol–water partition coefficient (Wildman–Crippen LogP) is 0.187. The Hall–Kier alpha value is -1.23. The molecule has 1 N–H and O–H groups in total. The van der Waals surface area contributed by atoms with E-state index in [2.05, 4.69) is 9.97 Å². The highest BCUT2D eigenvalue weighted by molar-refractivity contribution is 5.38. The Balaban J connectivity index is 2.16. The summed E-state index contributed by atoms with van der Waals surface area (Å²) >= 11 is 0. The Labute approximate surface area is 75.0 Å². The Morgan fingerprint density at radius 2 is 2.38 bits per heavy atom. The van der Waals surface area contributed by atoms with Gasteiger partial charge in [0.25, 0.3) is 0 Å². The van der Waals surface area contributed by atoms with Gasteiger partial charge in [0.2, 0.25) is 5.95 Å². The lowest BCUT2D eigenvalue weighted by Gasteiger charge is -2.15. The topological polar surface area (TPSA) is 49.2 Å². The number of aliphatic hydroxyl groups excluding tert-OH is 1. The van der Waals surface area contributed by atoms with Crippen LogP contribution in [0.4, 0.5) is 10.2 Å². The van der Waals surface area contributed by atoms with Crippen molar-refractivity contribution in [2.75, 3.05) is 18.0 Å². The molecule has 70 valence electrons. The van der Waals surface area contributed by atoms with E-state index < -0.39 is 5.95 Å². The molecule has 5 heteroatoms. The second kappa shape index (κ2) is 3.26. The molecule has 1 atom stereocenters. The number of hydrogen-bond acceptors (Lipinski definition) is 4. The summed E-state index contributed by atoms with van der Waals surface area (Å²) in [5, 5.41) is 9.25. The molecule has 0 spiro atoms. The van der Waals surface area contributed by atoms with Crippen molar-refractivity contribution in [2.24, 2.45) is 0 Å². The molecule has 4 nitrogen and oxygen atoms in total. The van der Waals surface area contributed by atoms with Gasteiger partial charge in [-0.1, -0.05) is 0 Å². The SMILES string of the molecule is OC1CCN(c2cc(F)ncn2)C1. The molecule has 1 fully saturated rings. The highest BCUT2D eigenvalue weighted by Crippen LogP contribution is 2.17. The number of rotatable bonds is 1. The quantitative estimate of drug-likeness (QED) is 0.631. The Morgan fingerprint density at radius 3 is 3.00 bits per heavy atom. The largest absolute Gasteiger partial charge is 0.391 e. The van der Waals surface area contributed by atoms with Gasteiger partial charge < -0.3 is 10.0 Å². The van der Waals surface area contributed by atoms with E-state index in [1.807, 2.05) is 4.90 Å². The lowest BCUT2D eigenvalue weighted by atomic mass is 10.3. The summed E-state index contributed by atoms with van der Waals surface area (Å²) in [5.74, 6) is 0.00967. The van der Waals surface area contributed by atoms with Crippen LogP contribution in [0.25, 0.3) is 0 Å². The number of anilines is 1. The summed E-state index contributed by atoms with van der Waals surface area (Å²) in [5.41, 5.74) is 0. The van der Waals surface area contributed by atoms with Crippen molar-refractivity contribution in [2.45, 2.75) is 12.5 Å². The molecule has 2 rings (SSSR count). The van der Waals surface area contributed by atoms with Crippen molar-refractivity contribution < 1.29 is 9.50 Å². The molecule has 1 aromatic heterocycles. The van der Waals surface area contributed by atoms with Crippen LogP contribution in [0.3, 0.4) is 0 Å². The fourth-order valence-electron chi connectivity index (χ4n) is 1.45. The van der Waals surface area contributed by atoms with Crippen molar-refractivity contribution in [1.82, 2.24) is 9.97 Å². The van der Waals surface area contributed by atoms with Crippen LogP contribution in [-0.2, 0) is 0 Å². The minimum absolute atomic E-state index is 0.321. The smallest absolute Gasteiger partial charge is 0.218 e. The third-order valence-corrected chi connectivity index (χ3v) is 2.11. The van der Waals surface area contributed by atoms with E-state index in [1.165, 1.54) is 12.4 Å². The lowest BCUT2D eigenvalue weighted by Crippen LogP contribution is -2.22. The van der Waals surface area contributed by atoms with Gasteiger partial charge in [-0.3, -0.25) is 0 Å². The zero-order chi connectivity index (χ0) is 9.26. The fraction of sp³-hybridized carbons (Fsp3) is 0.500. The first-order chi connectivity index (χ1) is 6.25. The number of β-amino-alcohol motifs (C(OH)–C–C–N with tert-alkyl or cyclic N) is 1. The third kappa shape index (κ3) is 1.75. The molecule has 1 saturated heterocycles. The van der Waals surface area contributed by atoms with Crippen LogP contribution in [0.5, 0.6) is 0 Å². The second-order valence-corrected chi connectivity index (χ2v) is 3.09. The van der Waals surface area contributed by atoms with Crippen LogP contribution in [0.1, 0.15) is 6.42 Å². The molecule has 0 saturated carbocycles. The summed E-state index contributed by atoms with van der Waals surface area (Å²) in [6.07, 6.45) is 1.58. The summed E-state index contributed by atoms with van der Waals surface area (Å²) in [6.45, 7) is 1.24. The Morgan fingerprint density at radius 1 is 1.54 bits per heavy atom. The fourth-order valence-corrected chi connectivity index (χ4v) is 1.45. The molecule has 1 unspecified atom stereocenters. The van der Waals surface area contributed by atoms with Crippen molar-refractivity contribution in [3.8, 4) is 0 Å². The second-order valence-electron chi connectivity index (χ2n) is 3.09.